The maximum atomic E-state index is 12.3. The third-order valence-corrected chi connectivity index (χ3v) is 3.57. The number of hydrogen-bond acceptors (Lipinski definition) is 4. The van der Waals surface area contributed by atoms with E-state index in [1.165, 1.54) is 0 Å². The Morgan fingerprint density at radius 1 is 1.48 bits per heavy atom. The van der Waals surface area contributed by atoms with E-state index in [-0.39, 0.29) is 11.9 Å². The molecule has 118 valence electrons. The van der Waals surface area contributed by atoms with Gasteiger partial charge >= 0.3 is 0 Å². The lowest BCUT2D eigenvalue weighted by Crippen LogP contribution is -2.43. The van der Waals surface area contributed by atoms with E-state index in [1.807, 2.05) is 25.7 Å². The van der Waals surface area contributed by atoms with E-state index in [9.17, 15) is 4.79 Å². The molecule has 1 aromatic carbocycles. The van der Waals surface area contributed by atoms with Gasteiger partial charge in [-0.2, -0.15) is 0 Å². The largest absolute Gasteiger partial charge is 0.397 e. The highest BCUT2D eigenvalue weighted by molar-refractivity contribution is 6.31. The number of carbonyl (C=O) groups is 1. The number of nitrogens with one attached hydrogen (secondary N) is 1. The van der Waals surface area contributed by atoms with Gasteiger partial charge in [0.15, 0.2) is 0 Å². The predicted molar refractivity (Wildman–Crippen MR) is 87.7 cm³/mol. The number of likely N-dealkylation sites (N-methyl/N-ethyl adjacent to an activating group) is 1. The maximum absolute atomic E-state index is 12.3. The second-order valence-corrected chi connectivity index (χ2v) is 5.16. The lowest BCUT2D eigenvalue weighted by Gasteiger charge is -2.26. The molecular weight excluding hydrogens is 290 g/mol. The predicted octanol–water partition coefficient (Wildman–Crippen LogP) is 2.61. The van der Waals surface area contributed by atoms with Crippen molar-refractivity contribution in [3.05, 3.63) is 23.2 Å². The van der Waals surface area contributed by atoms with E-state index in [4.69, 9.17) is 22.1 Å². The first kappa shape index (κ1) is 17.8. The van der Waals surface area contributed by atoms with Gasteiger partial charge in [0.1, 0.15) is 0 Å². The van der Waals surface area contributed by atoms with Gasteiger partial charge in [0.25, 0.3) is 0 Å². The fourth-order valence-electron chi connectivity index (χ4n) is 1.99. The van der Waals surface area contributed by atoms with Crippen molar-refractivity contribution in [3.8, 4) is 0 Å². The lowest BCUT2D eigenvalue weighted by atomic mass is 10.2. The second-order valence-electron chi connectivity index (χ2n) is 4.72. The van der Waals surface area contributed by atoms with Crippen molar-refractivity contribution in [2.24, 2.45) is 0 Å². The lowest BCUT2D eigenvalue weighted by molar-refractivity contribution is -0.120. The van der Waals surface area contributed by atoms with Gasteiger partial charge < -0.3 is 15.8 Å². The minimum absolute atomic E-state index is 0.109. The van der Waals surface area contributed by atoms with E-state index in [1.54, 1.807) is 18.2 Å². The molecule has 0 saturated carbocycles. The van der Waals surface area contributed by atoms with E-state index in [0.717, 1.165) is 6.54 Å². The van der Waals surface area contributed by atoms with E-state index in [2.05, 4.69) is 5.32 Å². The molecule has 1 atom stereocenters. The summed E-state index contributed by atoms with van der Waals surface area (Å²) in [5, 5.41) is 3.36. The Kier molecular flexibility index (Phi) is 7.50. The number of benzene rings is 1. The fourth-order valence-corrected chi connectivity index (χ4v) is 2.16. The Hall–Kier alpha value is -1.30. The average Bonchev–Trinajstić information content (AvgIpc) is 2.47. The summed E-state index contributed by atoms with van der Waals surface area (Å²) >= 11 is 5.92. The van der Waals surface area contributed by atoms with Crippen molar-refractivity contribution in [1.82, 2.24) is 4.90 Å². The summed E-state index contributed by atoms with van der Waals surface area (Å²) in [5.41, 5.74) is 6.88. The summed E-state index contributed by atoms with van der Waals surface area (Å²) in [6, 6.07) is 4.75. The molecule has 0 aliphatic rings. The molecule has 1 unspecified atom stereocenters. The molecule has 0 aromatic heterocycles. The van der Waals surface area contributed by atoms with E-state index in [0.29, 0.717) is 36.2 Å². The van der Waals surface area contributed by atoms with Crippen LogP contribution in [-0.4, -0.2) is 43.2 Å². The van der Waals surface area contributed by atoms with Crippen LogP contribution in [0, 0.1) is 0 Å². The average molecular weight is 314 g/mol. The van der Waals surface area contributed by atoms with Gasteiger partial charge in [0.2, 0.25) is 5.91 Å². The first-order valence-electron chi connectivity index (χ1n) is 7.17. The summed E-state index contributed by atoms with van der Waals surface area (Å²) in [5.74, 6) is -0.109. The first-order chi connectivity index (χ1) is 9.99. The monoisotopic (exact) mass is 313 g/mol. The molecule has 0 heterocycles. The van der Waals surface area contributed by atoms with Crippen molar-refractivity contribution in [2.75, 3.05) is 37.4 Å². The molecule has 6 heteroatoms. The van der Waals surface area contributed by atoms with Crippen LogP contribution in [0.5, 0.6) is 0 Å². The number of nitrogen functional groups attached to an aromatic ring is 1. The molecular formula is C15H24ClN3O2. The van der Waals surface area contributed by atoms with Crippen LogP contribution < -0.4 is 11.1 Å². The van der Waals surface area contributed by atoms with Gasteiger partial charge in [-0.1, -0.05) is 18.5 Å². The second kappa shape index (κ2) is 8.87. The fraction of sp³-hybridized carbons (Fsp3) is 0.533. The Labute approximate surface area is 131 Å². The van der Waals surface area contributed by atoms with Crippen molar-refractivity contribution in [1.29, 1.82) is 0 Å². The number of nitrogens with two attached hydrogens (primary N) is 1. The summed E-state index contributed by atoms with van der Waals surface area (Å²) in [7, 11) is 0. The third-order valence-electron chi connectivity index (χ3n) is 3.33. The highest BCUT2D eigenvalue weighted by atomic mass is 35.5. The molecule has 0 bridgehead atoms. The number of halogens is 1. The van der Waals surface area contributed by atoms with Crippen LogP contribution in [-0.2, 0) is 9.53 Å². The molecule has 21 heavy (non-hydrogen) atoms. The normalized spacial score (nSPS) is 12.4. The first-order valence-corrected chi connectivity index (χ1v) is 7.55. The van der Waals surface area contributed by atoms with Gasteiger partial charge in [-0.25, -0.2) is 0 Å². The Morgan fingerprint density at radius 3 is 2.81 bits per heavy atom. The SMILES string of the molecule is CCOCCN(CC)C(C)C(=O)Nc1cc(Cl)ccc1N. The molecule has 1 amide bonds. The highest BCUT2D eigenvalue weighted by Crippen LogP contribution is 2.23. The number of rotatable bonds is 8. The molecule has 0 radical (unpaired) electrons. The standard InChI is InChI=1S/C15H24ClN3O2/c1-4-19(8-9-21-5-2)11(3)15(20)18-14-10-12(16)6-7-13(14)17/h6-7,10-11H,4-5,8-9,17H2,1-3H3,(H,18,20). The summed E-state index contributed by atoms with van der Waals surface area (Å²) in [4.78, 5) is 14.4. The molecule has 0 aliphatic carbocycles. The number of carbonyl (C=O) groups excluding carboxylic acids is 1. The van der Waals surface area contributed by atoms with Crippen molar-refractivity contribution in [2.45, 2.75) is 26.8 Å². The van der Waals surface area contributed by atoms with Gasteiger partial charge in [-0.3, -0.25) is 9.69 Å². The minimum atomic E-state index is -0.270. The number of ether oxygens (including phenoxy) is 1. The quantitative estimate of drug-likeness (QED) is 0.572. The molecule has 5 nitrogen and oxygen atoms in total. The van der Waals surface area contributed by atoms with Crippen LogP contribution in [0.1, 0.15) is 20.8 Å². The summed E-state index contributed by atoms with van der Waals surface area (Å²) in [6.45, 7) is 8.61. The maximum Gasteiger partial charge on any atom is 0.241 e. The molecule has 0 aliphatic heterocycles. The smallest absolute Gasteiger partial charge is 0.241 e. The van der Waals surface area contributed by atoms with Crippen molar-refractivity contribution >= 4 is 28.9 Å². The van der Waals surface area contributed by atoms with Gasteiger partial charge in [0, 0.05) is 18.2 Å². The third kappa shape index (κ3) is 5.53. The zero-order valence-electron chi connectivity index (χ0n) is 12.9. The van der Waals surface area contributed by atoms with E-state index >= 15 is 0 Å². The minimum Gasteiger partial charge on any atom is -0.397 e. The Morgan fingerprint density at radius 2 is 2.19 bits per heavy atom. The summed E-state index contributed by atoms with van der Waals surface area (Å²) < 4.78 is 5.34. The number of hydrogen-bond donors (Lipinski definition) is 2. The van der Waals surface area contributed by atoms with Crippen LogP contribution in [0.4, 0.5) is 11.4 Å². The van der Waals surface area contributed by atoms with Crippen LogP contribution in [0.2, 0.25) is 5.02 Å². The molecule has 3 N–H and O–H groups in total. The van der Waals surface area contributed by atoms with Crippen molar-refractivity contribution in [3.63, 3.8) is 0 Å². The van der Waals surface area contributed by atoms with Crippen LogP contribution >= 0.6 is 11.6 Å². The van der Waals surface area contributed by atoms with Gasteiger partial charge in [-0.15, -0.1) is 0 Å². The van der Waals surface area contributed by atoms with Crippen LogP contribution in [0.3, 0.4) is 0 Å². The molecule has 0 fully saturated rings. The Balaban J connectivity index is 2.65. The van der Waals surface area contributed by atoms with Crippen LogP contribution in [0.15, 0.2) is 18.2 Å². The zero-order valence-corrected chi connectivity index (χ0v) is 13.6. The molecule has 0 spiro atoms. The number of amides is 1. The number of anilines is 2. The van der Waals surface area contributed by atoms with Gasteiger partial charge in [-0.05, 0) is 38.6 Å². The number of nitrogens with zero attached hydrogens (tertiary/aromatic N) is 1. The summed E-state index contributed by atoms with van der Waals surface area (Å²) in [6.07, 6.45) is 0. The van der Waals surface area contributed by atoms with E-state index < -0.39 is 0 Å². The van der Waals surface area contributed by atoms with Crippen molar-refractivity contribution < 1.29 is 9.53 Å². The van der Waals surface area contributed by atoms with Crippen LogP contribution in [0.25, 0.3) is 0 Å². The highest BCUT2D eigenvalue weighted by Gasteiger charge is 2.20. The zero-order chi connectivity index (χ0) is 15.8. The molecule has 1 rings (SSSR count). The van der Waals surface area contributed by atoms with Gasteiger partial charge in [0.05, 0.1) is 24.0 Å². The molecule has 0 saturated heterocycles. The molecule has 1 aromatic rings. The Bertz CT molecular complexity index is 468. The topological polar surface area (TPSA) is 67.6 Å².